The lowest BCUT2D eigenvalue weighted by atomic mass is 10.1. The summed E-state index contributed by atoms with van der Waals surface area (Å²) in [6, 6.07) is 6.00. The molecule has 26 heavy (non-hydrogen) atoms. The van der Waals surface area contributed by atoms with Crippen LogP contribution in [0.2, 0.25) is 0 Å². The van der Waals surface area contributed by atoms with Crippen molar-refractivity contribution >= 4 is 17.7 Å². The van der Waals surface area contributed by atoms with Crippen molar-refractivity contribution in [3.05, 3.63) is 39.9 Å². The number of benzene rings is 1. The van der Waals surface area contributed by atoms with Gasteiger partial charge in [-0.1, -0.05) is 26.0 Å². The first-order valence-corrected chi connectivity index (χ1v) is 8.79. The zero-order chi connectivity index (χ0) is 19.1. The molecule has 8 nitrogen and oxygen atoms in total. The molecule has 8 heteroatoms. The summed E-state index contributed by atoms with van der Waals surface area (Å²) >= 11 is 0. The van der Waals surface area contributed by atoms with Gasteiger partial charge in [0, 0.05) is 38.3 Å². The van der Waals surface area contributed by atoms with Crippen LogP contribution in [0.15, 0.2) is 24.3 Å². The van der Waals surface area contributed by atoms with Gasteiger partial charge in [-0.25, -0.2) is 4.79 Å². The Balaban J connectivity index is 1.86. The molecule has 1 aliphatic rings. The molecule has 0 saturated carbocycles. The molecular weight excluding hydrogens is 338 g/mol. The Bertz CT molecular complexity index is 645. The number of carbonyl (C=O) groups is 2. The van der Waals surface area contributed by atoms with Gasteiger partial charge in [0.05, 0.1) is 18.0 Å². The summed E-state index contributed by atoms with van der Waals surface area (Å²) in [6.07, 6.45) is 0.557. The lowest BCUT2D eigenvalue weighted by Gasteiger charge is -2.22. The van der Waals surface area contributed by atoms with E-state index in [0.29, 0.717) is 39.2 Å². The van der Waals surface area contributed by atoms with Crippen LogP contribution in [-0.2, 0) is 16.0 Å². The summed E-state index contributed by atoms with van der Waals surface area (Å²) in [5.41, 5.74) is 0.740. The minimum Gasteiger partial charge on any atom is -0.449 e. The van der Waals surface area contributed by atoms with Gasteiger partial charge >= 0.3 is 6.09 Å². The van der Waals surface area contributed by atoms with E-state index in [1.165, 1.54) is 12.1 Å². The van der Waals surface area contributed by atoms with Crippen molar-refractivity contribution < 1.29 is 19.2 Å². The van der Waals surface area contributed by atoms with Gasteiger partial charge in [-0.05, 0) is 17.9 Å². The monoisotopic (exact) mass is 363 g/mol. The highest BCUT2D eigenvalue weighted by Gasteiger charge is 2.23. The number of amides is 2. The van der Waals surface area contributed by atoms with Gasteiger partial charge in [0.1, 0.15) is 0 Å². The first-order chi connectivity index (χ1) is 12.4. The molecule has 142 valence electrons. The average Bonchev–Trinajstić information content (AvgIpc) is 2.86. The molecule has 0 aliphatic carbocycles. The zero-order valence-electron chi connectivity index (χ0n) is 15.2. The predicted molar refractivity (Wildman–Crippen MR) is 95.8 cm³/mol. The van der Waals surface area contributed by atoms with E-state index in [2.05, 4.69) is 0 Å². The quantitative estimate of drug-likeness (QED) is 0.592. The maximum atomic E-state index is 12.5. The first-order valence-electron chi connectivity index (χ1n) is 8.79. The van der Waals surface area contributed by atoms with Crippen molar-refractivity contribution in [1.29, 1.82) is 0 Å². The molecule has 0 aromatic heterocycles. The fourth-order valence-electron chi connectivity index (χ4n) is 2.70. The van der Waals surface area contributed by atoms with Crippen molar-refractivity contribution in [3.63, 3.8) is 0 Å². The molecule has 1 saturated heterocycles. The van der Waals surface area contributed by atoms with E-state index in [1.54, 1.807) is 21.9 Å². The van der Waals surface area contributed by atoms with Crippen LogP contribution in [0.3, 0.4) is 0 Å². The van der Waals surface area contributed by atoms with Gasteiger partial charge in [-0.3, -0.25) is 14.9 Å². The highest BCUT2D eigenvalue weighted by atomic mass is 16.6. The minimum absolute atomic E-state index is 0.00604. The molecule has 1 fully saturated rings. The van der Waals surface area contributed by atoms with Gasteiger partial charge < -0.3 is 14.5 Å². The minimum atomic E-state index is -0.465. The zero-order valence-corrected chi connectivity index (χ0v) is 15.2. The molecule has 0 atom stereocenters. The number of ether oxygens (including phenoxy) is 1. The summed E-state index contributed by atoms with van der Waals surface area (Å²) in [5, 5.41) is 10.7. The average molecular weight is 363 g/mol. The fraction of sp³-hybridized carbons (Fsp3) is 0.556. The van der Waals surface area contributed by atoms with Crippen LogP contribution in [0.25, 0.3) is 0 Å². The Morgan fingerprint density at radius 3 is 2.35 bits per heavy atom. The van der Waals surface area contributed by atoms with E-state index in [4.69, 9.17) is 4.74 Å². The second-order valence-electron chi connectivity index (χ2n) is 6.79. The molecule has 1 heterocycles. The topological polar surface area (TPSA) is 93.0 Å². The van der Waals surface area contributed by atoms with Gasteiger partial charge in [0.25, 0.3) is 5.69 Å². The SMILES string of the molecule is CC(C)COC(=O)N1CCCN(C(=O)Cc2ccc([N+](=O)[O-])cc2)CC1. The number of nitro benzene ring substituents is 1. The van der Waals surface area contributed by atoms with Crippen molar-refractivity contribution in [2.24, 2.45) is 5.92 Å². The van der Waals surface area contributed by atoms with Crippen LogP contribution in [0.4, 0.5) is 10.5 Å². The summed E-state index contributed by atoms with van der Waals surface area (Å²) < 4.78 is 5.25. The first kappa shape index (κ1) is 19.7. The number of carbonyl (C=O) groups excluding carboxylic acids is 2. The molecule has 0 spiro atoms. The molecular formula is C18H25N3O5. The Hall–Kier alpha value is -2.64. The highest BCUT2D eigenvalue weighted by Crippen LogP contribution is 2.14. The van der Waals surface area contributed by atoms with Crippen LogP contribution >= 0.6 is 0 Å². The van der Waals surface area contributed by atoms with Gasteiger partial charge in [-0.2, -0.15) is 0 Å². The lowest BCUT2D eigenvalue weighted by Crippen LogP contribution is -2.38. The van der Waals surface area contributed by atoms with E-state index in [1.807, 2.05) is 13.8 Å². The molecule has 0 unspecified atom stereocenters. The lowest BCUT2D eigenvalue weighted by molar-refractivity contribution is -0.384. The van der Waals surface area contributed by atoms with E-state index in [9.17, 15) is 19.7 Å². The van der Waals surface area contributed by atoms with Crippen molar-refractivity contribution in [2.45, 2.75) is 26.7 Å². The maximum absolute atomic E-state index is 12.5. The second kappa shape index (κ2) is 9.17. The van der Waals surface area contributed by atoms with Crippen molar-refractivity contribution in [2.75, 3.05) is 32.8 Å². The molecule has 0 N–H and O–H groups in total. The van der Waals surface area contributed by atoms with E-state index < -0.39 is 4.92 Å². The molecule has 2 rings (SSSR count). The predicted octanol–water partition coefficient (Wildman–Crippen LogP) is 2.46. The van der Waals surface area contributed by atoms with Crippen LogP contribution in [-0.4, -0.2) is 59.5 Å². The standard InChI is InChI=1S/C18H25N3O5/c1-14(2)13-26-18(23)20-9-3-8-19(10-11-20)17(22)12-15-4-6-16(7-5-15)21(24)25/h4-7,14H,3,8-13H2,1-2H3. The summed E-state index contributed by atoms with van der Waals surface area (Å²) in [6.45, 7) is 6.41. The molecule has 1 aromatic rings. The molecule has 0 radical (unpaired) electrons. The molecule has 1 aliphatic heterocycles. The number of hydrogen-bond acceptors (Lipinski definition) is 5. The summed E-state index contributed by atoms with van der Waals surface area (Å²) in [7, 11) is 0. The van der Waals surface area contributed by atoms with Gasteiger partial charge in [0.15, 0.2) is 0 Å². The Morgan fingerprint density at radius 1 is 1.12 bits per heavy atom. The van der Waals surface area contributed by atoms with Crippen LogP contribution in [0.1, 0.15) is 25.8 Å². The Kier molecular flexibility index (Phi) is 6.94. The third kappa shape index (κ3) is 5.72. The van der Waals surface area contributed by atoms with Crippen LogP contribution in [0, 0.1) is 16.0 Å². The smallest absolute Gasteiger partial charge is 0.409 e. The number of hydrogen-bond donors (Lipinski definition) is 0. The number of nitrogens with zero attached hydrogens (tertiary/aromatic N) is 3. The fourth-order valence-corrected chi connectivity index (χ4v) is 2.70. The van der Waals surface area contributed by atoms with Crippen LogP contribution < -0.4 is 0 Å². The maximum Gasteiger partial charge on any atom is 0.409 e. The van der Waals surface area contributed by atoms with Crippen LogP contribution in [0.5, 0.6) is 0 Å². The normalized spacial score (nSPS) is 14.9. The highest BCUT2D eigenvalue weighted by molar-refractivity contribution is 5.79. The number of nitro groups is 1. The molecule has 0 bridgehead atoms. The number of rotatable bonds is 5. The molecule has 1 aromatic carbocycles. The third-order valence-corrected chi connectivity index (χ3v) is 4.15. The van der Waals surface area contributed by atoms with E-state index in [-0.39, 0.29) is 30.0 Å². The Labute approximate surface area is 152 Å². The van der Waals surface area contributed by atoms with E-state index >= 15 is 0 Å². The largest absolute Gasteiger partial charge is 0.449 e. The Morgan fingerprint density at radius 2 is 1.73 bits per heavy atom. The van der Waals surface area contributed by atoms with Gasteiger partial charge in [0.2, 0.25) is 5.91 Å². The third-order valence-electron chi connectivity index (χ3n) is 4.15. The summed E-state index contributed by atoms with van der Waals surface area (Å²) in [4.78, 5) is 38.1. The number of non-ortho nitro benzene ring substituents is 1. The summed E-state index contributed by atoms with van der Waals surface area (Å²) in [5.74, 6) is 0.238. The van der Waals surface area contributed by atoms with E-state index in [0.717, 1.165) is 5.56 Å². The van der Waals surface area contributed by atoms with Crippen molar-refractivity contribution in [1.82, 2.24) is 9.80 Å². The van der Waals surface area contributed by atoms with Gasteiger partial charge in [-0.15, -0.1) is 0 Å². The van der Waals surface area contributed by atoms with Crippen molar-refractivity contribution in [3.8, 4) is 0 Å². The second-order valence-corrected chi connectivity index (χ2v) is 6.79. The molecule has 2 amide bonds.